The van der Waals surface area contributed by atoms with Crippen LogP contribution in [0.25, 0.3) is 0 Å². The number of carbonyl (C=O) groups excluding carboxylic acids is 1. The molecule has 0 amide bonds. The zero-order valence-electron chi connectivity index (χ0n) is 8.27. The van der Waals surface area contributed by atoms with Crippen molar-refractivity contribution >= 4 is 18.4 Å². The Morgan fingerprint density at radius 1 is 1.73 bits per heavy atom. The van der Waals surface area contributed by atoms with E-state index in [1.807, 2.05) is 0 Å². The number of hydrogen-bond acceptors (Lipinski definition) is 3. The van der Waals surface area contributed by atoms with Gasteiger partial charge in [-0.15, -0.1) is 12.4 Å². The molecule has 0 aliphatic rings. The van der Waals surface area contributed by atoms with E-state index in [-0.39, 0.29) is 19.0 Å². The molecule has 0 aliphatic heterocycles. The minimum absolute atomic E-state index is 0. The highest BCUT2D eigenvalue weighted by Crippen LogP contribution is 2.15. The van der Waals surface area contributed by atoms with E-state index in [2.05, 4.69) is 9.72 Å². The maximum Gasteiger partial charge on any atom is 0.342 e. The van der Waals surface area contributed by atoms with Crippen LogP contribution in [-0.4, -0.2) is 23.7 Å². The van der Waals surface area contributed by atoms with E-state index in [1.54, 1.807) is 25.3 Å². The quantitative estimate of drug-likeness (QED) is 0.776. The van der Waals surface area contributed by atoms with Gasteiger partial charge in [0.2, 0.25) is 6.17 Å². The van der Waals surface area contributed by atoms with Gasteiger partial charge in [0.15, 0.2) is 0 Å². The highest BCUT2D eigenvalue weighted by atomic mass is 35.5. The maximum atomic E-state index is 13.3. The summed E-state index contributed by atoms with van der Waals surface area (Å²) in [5, 5.41) is 0. The first-order valence-electron chi connectivity index (χ1n) is 4.36. The molecular formula is C9H14ClFN2O2. The molecule has 2 atom stereocenters. The summed E-state index contributed by atoms with van der Waals surface area (Å²) in [5.41, 5.74) is 5.98. The van der Waals surface area contributed by atoms with E-state index in [4.69, 9.17) is 5.73 Å². The Labute approximate surface area is 93.4 Å². The predicted molar refractivity (Wildman–Crippen MR) is 56.5 cm³/mol. The van der Waals surface area contributed by atoms with Crippen molar-refractivity contribution < 1.29 is 13.9 Å². The molecule has 3 N–H and O–H groups in total. The number of alkyl halides is 1. The lowest BCUT2D eigenvalue weighted by atomic mass is 10.1. The maximum absolute atomic E-state index is 13.3. The van der Waals surface area contributed by atoms with Gasteiger partial charge in [0, 0.05) is 11.9 Å². The highest BCUT2D eigenvalue weighted by Gasteiger charge is 2.28. The van der Waals surface area contributed by atoms with Gasteiger partial charge in [-0.3, -0.25) is 0 Å². The zero-order chi connectivity index (χ0) is 10.6. The van der Waals surface area contributed by atoms with Gasteiger partial charge in [-0.1, -0.05) is 0 Å². The topological polar surface area (TPSA) is 68.1 Å². The first kappa shape index (κ1) is 13.9. The van der Waals surface area contributed by atoms with E-state index < -0.39 is 18.2 Å². The van der Waals surface area contributed by atoms with E-state index in [0.29, 0.717) is 5.69 Å². The van der Waals surface area contributed by atoms with E-state index in [1.165, 1.54) is 0 Å². The summed E-state index contributed by atoms with van der Waals surface area (Å²) in [4.78, 5) is 13.7. The Hall–Kier alpha value is -1.07. The van der Waals surface area contributed by atoms with Crippen molar-refractivity contribution in [2.75, 3.05) is 6.61 Å². The van der Waals surface area contributed by atoms with Crippen molar-refractivity contribution in [2.24, 2.45) is 5.73 Å². The Morgan fingerprint density at radius 3 is 2.87 bits per heavy atom. The Balaban J connectivity index is 0.00000196. The Morgan fingerprint density at radius 2 is 2.40 bits per heavy atom. The molecule has 6 heteroatoms. The zero-order valence-corrected chi connectivity index (χ0v) is 9.09. The van der Waals surface area contributed by atoms with Crippen LogP contribution < -0.4 is 5.73 Å². The molecule has 0 spiro atoms. The summed E-state index contributed by atoms with van der Waals surface area (Å²) in [5.74, 6) is -0.922. The van der Waals surface area contributed by atoms with E-state index in [9.17, 15) is 9.18 Å². The lowest BCUT2D eigenvalue weighted by Crippen LogP contribution is -2.31. The molecule has 15 heavy (non-hydrogen) atoms. The van der Waals surface area contributed by atoms with Crippen LogP contribution >= 0.6 is 12.4 Å². The average molecular weight is 237 g/mol. The largest absolute Gasteiger partial charge is 0.464 e. The van der Waals surface area contributed by atoms with Gasteiger partial charge in [0.25, 0.3) is 0 Å². The second-order valence-electron chi connectivity index (χ2n) is 2.81. The molecule has 1 rings (SSSR count). The van der Waals surface area contributed by atoms with Gasteiger partial charge in [0.1, 0.15) is 0 Å². The molecule has 1 unspecified atom stereocenters. The Bertz CT molecular complexity index is 292. The molecule has 1 aromatic heterocycles. The number of ether oxygens (including phenoxy) is 1. The second-order valence-corrected chi connectivity index (χ2v) is 2.81. The van der Waals surface area contributed by atoms with E-state index in [0.717, 1.165) is 0 Å². The molecule has 4 nitrogen and oxygen atoms in total. The molecule has 0 radical (unpaired) electrons. The number of rotatable bonds is 4. The number of halogens is 2. The van der Waals surface area contributed by atoms with Gasteiger partial charge in [-0.05, 0) is 19.1 Å². The number of H-pyrrole nitrogens is 1. The first-order chi connectivity index (χ1) is 6.66. The molecule has 0 aromatic carbocycles. The van der Waals surface area contributed by atoms with E-state index >= 15 is 0 Å². The van der Waals surface area contributed by atoms with Crippen LogP contribution in [-0.2, 0) is 9.53 Å². The third kappa shape index (κ3) is 3.53. The van der Waals surface area contributed by atoms with Crippen molar-refractivity contribution in [3.8, 4) is 0 Å². The van der Waals surface area contributed by atoms with Crippen LogP contribution in [0.15, 0.2) is 18.3 Å². The number of nitrogens with two attached hydrogens (primary N) is 1. The van der Waals surface area contributed by atoms with Gasteiger partial charge in [0.05, 0.1) is 12.6 Å². The third-order valence-corrected chi connectivity index (χ3v) is 1.81. The minimum atomic E-state index is -1.83. The van der Waals surface area contributed by atoms with Crippen LogP contribution in [0.3, 0.4) is 0 Å². The van der Waals surface area contributed by atoms with Crippen LogP contribution in [0, 0.1) is 0 Å². The minimum Gasteiger partial charge on any atom is -0.464 e. The smallest absolute Gasteiger partial charge is 0.342 e. The lowest BCUT2D eigenvalue weighted by Gasteiger charge is -2.13. The van der Waals surface area contributed by atoms with Gasteiger partial charge in [-0.2, -0.15) is 0 Å². The molecule has 1 heterocycles. The van der Waals surface area contributed by atoms with Gasteiger partial charge >= 0.3 is 5.97 Å². The summed E-state index contributed by atoms with van der Waals surface area (Å²) in [6.45, 7) is 1.77. The predicted octanol–water partition coefficient (Wildman–Crippen LogP) is 1.34. The molecular weight excluding hydrogens is 223 g/mol. The molecule has 86 valence electrons. The average Bonchev–Trinajstić information content (AvgIpc) is 2.68. The Kier molecular flexibility index (Phi) is 5.96. The molecule has 0 bridgehead atoms. The fourth-order valence-corrected chi connectivity index (χ4v) is 1.08. The molecule has 1 aromatic rings. The normalized spacial score (nSPS) is 13.8. The standard InChI is InChI=1S/C9H13FN2O2.ClH/c1-2-14-9(13)7(10)8(11)6-4-3-5-12-6;/h3-5,7-8,12H,2,11H2,1H3;1H/t7?,8-;/m0./s1. The number of nitrogens with one attached hydrogen (secondary N) is 1. The SMILES string of the molecule is CCOC(=O)C(F)[C@@H](N)c1ccc[nH]1.Cl. The summed E-state index contributed by atoms with van der Waals surface area (Å²) >= 11 is 0. The third-order valence-electron chi connectivity index (χ3n) is 1.81. The van der Waals surface area contributed by atoms with Crippen molar-refractivity contribution in [3.63, 3.8) is 0 Å². The van der Waals surface area contributed by atoms with Crippen LogP contribution in [0.2, 0.25) is 0 Å². The molecule has 0 saturated carbocycles. The van der Waals surface area contributed by atoms with Crippen molar-refractivity contribution in [2.45, 2.75) is 19.1 Å². The van der Waals surface area contributed by atoms with Crippen LogP contribution in [0.1, 0.15) is 18.7 Å². The van der Waals surface area contributed by atoms with Gasteiger partial charge < -0.3 is 15.5 Å². The van der Waals surface area contributed by atoms with Crippen LogP contribution in [0.4, 0.5) is 4.39 Å². The van der Waals surface area contributed by atoms with Crippen molar-refractivity contribution in [3.05, 3.63) is 24.0 Å². The summed E-state index contributed by atoms with van der Waals surface area (Å²) in [6.07, 6.45) is -0.207. The number of aromatic nitrogens is 1. The summed E-state index contributed by atoms with van der Waals surface area (Å²) in [6, 6.07) is 2.31. The first-order valence-corrected chi connectivity index (χ1v) is 4.36. The summed E-state index contributed by atoms with van der Waals surface area (Å²) in [7, 11) is 0. The van der Waals surface area contributed by atoms with Crippen molar-refractivity contribution in [1.82, 2.24) is 4.98 Å². The second kappa shape index (κ2) is 6.42. The number of esters is 1. The fraction of sp³-hybridized carbons (Fsp3) is 0.444. The fourth-order valence-electron chi connectivity index (χ4n) is 1.08. The molecule has 0 aliphatic carbocycles. The lowest BCUT2D eigenvalue weighted by molar-refractivity contribution is -0.150. The highest BCUT2D eigenvalue weighted by molar-refractivity contribution is 5.85. The number of aromatic amines is 1. The molecule has 0 saturated heterocycles. The van der Waals surface area contributed by atoms with Crippen molar-refractivity contribution in [1.29, 1.82) is 0 Å². The number of carbonyl (C=O) groups is 1. The van der Waals surface area contributed by atoms with Crippen LogP contribution in [0.5, 0.6) is 0 Å². The summed E-state index contributed by atoms with van der Waals surface area (Å²) < 4.78 is 17.8. The monoisotopic (exact) mass is 236 g/mol. The number of hydrogen-bond donors (Lipinski definition) is 2. The van der Waals surface area contributed by atoms with Gasteiger partial charge in [-0.25, -0.2) is 9.18 Å². The molecule has 0 fully saturated rings.